The molecule has 6 N–H and O–H groups in total. The molecule has 0 saturated heterocycles. The first kappa shape index (κ1) is 35.1. The van der Waals surface area contributed by atoms with Gasteiger partial charge in [-0.1, -0.05) is 69.3 Å². The average molecular weight is 664 g/mol. The summed E-state index contributed by atoms with van der Waals surface area (Å²) in [5.74, 6) is 1.96. The number of ether oxygens (including phenoxy) is 1. The minimum absolute atomic E-state index is 0.0916. The van der Waals surface area contributed by atoms with Crippen LogP contribution in [0.4, 0.5) is 10.5 Å². The zero-order chi connectivity index (χ0) is 35.1. The van der Waals surface area contributed by atoms with Gasteiger partial charge in [0.2, 0.25) is 0 Å². The molecule has 3 atom stereocenters. The third-order valence-corrected chi connectivity index (χ3v) is 9.03. The number of amides is 2. The summed E-state index contributed by atoms with van der Waals surface area (Å²) in [7, 11) is 1.91. The number of aromatic hydroxyl groups is 1. The molecule has 10 heteroatoms. The van der Waals surface area contributed by atoms with Gasteiger partial charge in [0.05, 0.1) is 23.9 Å². The number of hydrogen-bond acceptors (Lipinski definition) is 8. The number of aliphatic imine (C=N–C) groups is 1. The Labute approximate surface area is 289 Å². The van der Waals surface area contributed by atoms with Crippen LogP contribution >= 0.6 is 0 Å². The summed E-state index contributed by atoms with van der Waals surface area (Å²) in [6, 6.07) is 14.5. The van der Waals surface area contributed by atoms with E-state index in [1.165, 1.54) is 11.1 Å². The highest BCUT2D eigenvalue weighted by Crippen LogP contribution is 2.37. The number of nitrogens with one attached hydrogen (secondary N) is 3. The maximum absolute atomic E-state index is 13.4. The molecule has 2 aliphatic carbocycles. The van der Waals surface area contributed by atoms with Gasteiger partial charge in [-0.15, -0.1) is 0 Å². The molecule has 1 heterocycles. The molecule has 1 aliphatic heterocycles. The molecule has 10 nitrogen and oxygen atoms in total. The van der Waals surface area contributed by atoms with Crippen molar-refractivity contribution < 1.29 is 14.6 Å². The summed E-state index contributed by atoms with van der Waals surface area (Å²) in [6.45, 7) is 12.7. The van der Waals surface area contributed by atoms with Crippen LogP contribution in [0.25, 0.3) is 0 Å². The molecule has 0 fully saturated rings. The van der Waals surface area contributed by atoms with Gasteiger partial charge < -0.3 is 25.8 Å². The van der Waals surface area contributed by atoms with E-state index in [4.69, 9.17) is 15.5 Å². The number of nitrogens with two attached hydrogens (primary N) is 1. The van der Waals surface area contributed by atoms with Gasteiger partial charge in [0, 0.05) is 30.2 Å². The number of carbonyl (C=O) groups excluding carboxylic acids is 1. The van der Waals surface area contributed by atoms with Crippen LogP contribution < -0.4 is 21.8 Å². The first-order chi connectivity index (χ1) is 23.4. The lowest BCUT2D eigenvalue weighted by molar-refractivity contribution is 0.178. The van der Waals surface area contributed by atoms with E-state index >= 15 is 0 Å². The Morgan fingerprint density at radius 1 is 1.20 bits per heavy atom. The molecule has 2 aromatic rings. The highest BCUT2D eigenvalue weighted by Gasteiger charge is 2.31. The smallest absolute Gasteiger partial charge is 0.320 e. The summed E-state index contributed by atoms with van der Waals surface area (Å²) in [5.41, 5.74) is 14.8. The van der Waals surface area contributed by atoms with Crippen LogP contribution in [0.3, 0.4) is 0 Å². The monoisotopic (exact) mass is 663 g/mol. The summed E-state index contributed by atoms with van der Waals surface area (Å²) in [4.78, 5) is 20.0. The molecule has 0 aromatic heterocycles. The number of carbonyl (C=O) groups is 1. The van der Waals surface area contributed by atoms with Crippen LogP contribution in [-0.2, 0) is 4.74 Å². The van der Waals surface area contributed by atoms with Gasteiger partial charge >= 0.3 is 6.03 Å². The Hall–Kier alpha value is -5.25. The maximum atomic E-state index is 13.4. The second-order valence-corrected chi connectivity index (χ2v) is 13.8. The molecule has 0 saturated carbocycles. The molecular formula is C39H49N7O3. The Morgan fingerprint density at radius 2 is 1.96 bits per heavy atom. The third-order valence-electron chi connectivity index (χ3n) is 9.03. The van der Waals surface area contributed by atoms with Crippen LogP contribution in [0.1, 0.15) is 57.6 Å². The van der Waals surface area contributed by atoms with Crippen LogP contribution in [-0.4, -0.2) is 53.6 Å². The quantitative estimate of drug-likeness (QED) is 0.0882. The Kier molecular flexibility index (Phi) is 11.0. The lowest BCUT2D eigenvalue weighted by atomic mass is 9.76. The molecule has 49 heavy (non-hydrogen) atoms. The number of phenols is 1. The number of allylic oxidation sites excluding steroid dienone is 4. The molecule has 3 aliphatic rings. The van der Waals surface area contributed by atoms with E-state index in [1.807, 2.05) is 88.2 Å². The number of urea groups is 1. The van der Waals surface area contributed by atoms with Gasteiger partial charge in [0.1, 0.15) is 23.5 Å². The first-order valence-electron chi connectivity index (χ1n) is 16.8. The van der Waals surface area contributed by atoms with Crippen LogP contribution in [0, 0.1) is 18.3 Å². The fraction of sp³-hybridized carbons (Fsp3) is 0.359. The van der Waals surface area contributed by atoms with Crippen molar-refractivity contribution in [2.45, 2.75) is 65.6 Å². The largest absolute Gasteiger partial charge is 0.507 e. The van der Waals surface area contributed by atoms with E-state index in [0.29, 0.717) is 35.3 Å². The maximum Gasteiger partial charge on any atom is 0.320 e. The number of benzene rings is 2. The number of hydrogen-bond donors (Lipinski definition) is 5. The van der Waals surface area contributed by atoms with Crippen molar-refractivity contribution in [2.75, 3.05) is 13.7 Å². The fourth-order valence-electron chi connectivity index (χ4n) is 6.00. The number of amidine groups is 2. The average Bonchev–Trinajstić information content (AvgIpc) is 3.43. The van der Waals surface area contributed by atoms with Gasteiger partial charge in [0.25, 0.3) is 0 Å². The number of likely N-dealkylation sites (N-methyl/N-ethyl adjacent to an activating group) is 1. The molecule has 0 spiro atoms. The zero-order valence-electron chi connectivity index (χ0n) is 29.2. The number of rotatable bonds is 9. The number of aryl methyl sites for hydroxylation is 1. The van der Waals surface area contributed by atoms with Gasteiger partial charge in [-0.25, -0.2) is 9.79 Å². The van der Waals surface area contributed by atoms with Crippen LogP contribution in [0.2, 0.25) is 0 Å². The number of phenolic OH excluding ortho intramolecular Hbond substituents is 1. The first-order valence-corrected chi connectivity index (χ1v) is 16.8. The van der Waals surface area contributed by atoms with E-state index < -0.39 is 0 Å². The summed E-state index contributed by atoms with van der Waals surface area (Å²) in [5, 5.41) is 20.8. The van der Waals surface area contributed by atoms with E-state index in [2.05, 4.69) is 39.9 Å². The lowest BCUT2D eigenvalue weighted by Crippen LogP contribution is -2.47. The Bertz CT molecular complexity index is 1730. The second kappa shape index (κ2) is 15.3. The standard InChI is InChI=1S/C39H49N7O3/c1-25-15-19-28(20-16-25)41-35(23-34(40)39(3,4)5)43-38(48)42-32-21-18-27(29-11-7-8-12-30(29)32)24-49-26(2)17-22-36-44-45-37(46(36)6)31-13-9-10-14-33(31)47/h7,9-11,13-17,19-20,22-23,27,32,36,44,47H,2,8,12,18,21,24,40H2,1,3-6H3,(H2,41,42,43,48)/b22-17-,34-23?/t27-,32-,36?/m0/s1. The minimum Gasteiger partial charge on any atom is -0.507 e. The second-order valence-electron chi connectivity index (χ2n) is 13.8. The summed E-state index contributed by atoms with van der Waals surface area (Å²) in [6.07, 6.45) is 13.2. The number of hydrazone groups is 1. The predicted octanol–water partition coefficient (Wildman–Crippen LogP) is 6.65. The highest BCUT2D eigenvalue weighted by molar-refractivity contribution is 6.05. The van der Waals surface area contributed by atoms with Crippen molar-refractivity contribution in [2.24, 2.45) is 27.2 Å². The molecule has 5 rings (SSSR count). The van der Waals surface area contributed by atoms with E-state index in [-0.39, 0.29) is 35.3 Å². The van der Waals surface area contributed by atoms with Gasteiger partial charge in [0.15, 0.2) is 5.84 Å². The topological polar surface area (TPSA) is 137 Å². The molecule has 0 bridgehead atoms. The Morgan fingerprint density at radius 3 is 2.69 bits per heavy atom. The van der Waals surface area contributed by atoms with Crippen molar-refractivity contribution in [3.63, 3.8) is 0 Å². The van der Waals surface area contributed by atoms with Crippen molar-refractivity contribution in [1.29, 1.82) is 0 Å². The molecule has 1 unspecified atom stereocenters. The van der Waals surface area contributed by atoms with Gasteiger partial charge in [-0.2, -0.15) is 5.10 Å². The highest BCUT2D eigenvalue weighted by atomic mass is 16.5. The fourth-order valence-corrected chi connectivity index (χ4v) is 6.00. The SMILES string of the molecule is C=C(/C=C\C1NN=C(c2ccccc2O)N1C)OC[C@@H]1CC[C@H](NC(=O)NC(C=C(N)C(C)(C)C)=Nc2ccc(C)cc2)C2=C1C=CCC2. The molecular weight excluding hydrogens is 614 g/mol. The van der Waals surface area contributed by atoms with E-state index in [9.17, 15) is 9.90 Å². The molecule has 2 amide bonds. The van der Waals surface area contributed by atoms with Crippen molar-refractivity contribution in [3.8, 4) is 5.75 Å². The minimum atomic E-state index is -0.316. The van der Waals surface area contributed by atoms with E-state index in [1.54, 1.807) is 18.2 Å². The molecule has 258 valence electrons. The van der Waals surface area contributed by atoms with Crippen LogP contribution in [0.15, 0.2) is 118 Å². The molecule has 2 aromatic carbocycles. The summed E-state index contributed by atoms with van der Waals surface area (Å²) < 4.78 is 6.15. The predicted molar refractivity (Wildman–Crippen MR) is 197 cm³/mol. The normalized spacial score (nSPS) is 21.3. The van der Waals surface area contributed by atoms with Gasteiger partial charge in [-0.3, -0.25) is 10.7 Å². The number of para-hydroxylation sites is 1. The lowest BCUT2D eigenvalue weighted by Gasteiger charge is -2.35. The van der Waals surface area contributed by atoms with Crippen LogP contribution in [0.5, 0.6) is 5.75 Å². The van der Waals surface area contributed by atoms with Crippen molar-refractivity contribution >= 4 is 23.4 Å². The van der Waals surface area contributed by atoms with Gasteiger partial charge in [-0.05, 0) is 80.2 Å². The number of nitrogens with zero attached hydrogens (tertiary/aromatic N) is 3. The van der Waals surface area contributed by atoms with E-state index in [0.717, 1.165) is 36.9 Å². The zero-order valence-corrected chi connectivity index (χ0v) is 29.2. The summed E-state index contributed by atoms with van der Waals surface area (Å²) >= 11 is 0. The molecule has 0 radical (unpaired) electrons. The third kappa shape index (κ3) is 9.01. The Balaban J connectivity index is 1.20. The van der Waals surface area contributed by atoms with Crippen molar-refractivity contribution in [1.82, 2.24) is 21.0 Å². The van der Waals surface area contributed by atoms with Crippen molar-refractivity contribution in [3.05, 3.63) is 119 Å².